The van der Waals surface area contributed by atoms with Crippen molar-refractivity contribution in [1.29, 1.82) is 0 Å². The minimum absolute atomic E-state index is 0.358. The average Bonchev–Trinajstić information content (AvgIpc) is 2.26. The fraction of sp³-hybridized carbons (Fsp3) is 0.900. The largest absolute Gasteiger partial charge is 0.468 e. The molecule has 1 saturated heterocycles. The van der Waals surface area contributed by atoms with Gasteiger partial charge in [0.25, 0.3) is 0 Å². The van der Waals surface area contributed by atoms with Gasteiger partial charge in [0, 0.05) is 32.7 Å². The van der Waals surface area contributed by atoms with Crippen molar-refractivity contribution in [3.63, 3.8) is 0 Å². The molecule has 0 saturated carbocycles. The molecule has 8 heteroatoms. The van der Waals surface area contributed by atoms with Crippen molar-refractivity contribution in [3.05, 3.63) is 0 Å². The number of hydrogen-bond acceptors (Lipinski definition) is 6. The average molecular weight is 279 g/mol. The molecule has 0 bridgehead atoms. The Morgan fingerprint density at radius 1 is 1.33 bits per heavy atom. The van der Waals surface area contributed by atoms with Crippen molar-refractivity contribution >= 4 is 16.0 Å². The summed E-state index contributed by atoms with van der Waals surface area (Å²) in [6.45, 7) is 3.96. The highest BCUT2D eigenvalue weighted by Crippen LogP contribution is 2.10. The first-order valence-corrected chi connectivity index (χ1v) is 7.56. The summed E-state index contributed by atoms with van der Waals surface area (Å²) < 4.78 is 28.7. The Morgan fingerprint density at radius 2 is 1.83 bits per heavy atom. The van der Waals surface area contributed by atoms with Crippen LogP contribution in [0.15, 0.2) is 0 Å². The monoisotopic (exact) mass is 279 g/mol. The number of sulfonamides is 1. The van der Waals surface area contributed by atoms with Crippen molar-refractivity contribution in [2.75, 3.05) is 46.1 Å². The molecule has 7 nitrogen and oxygen atoms in total. The van der Waals surface area contributed by atoms with Gasteiger partial charge in [-0.3, -0.25) is 9.69 Å². The zero-order valence-electron chi connectivity index (χ0n) is 11.0. The lowest BCUT2D eigenvalue weighted by Gasteiger charge is -2.36. The van der Waals surface area contributed by atoms with Gasteiger partial charge in [-0.05, 0) is 6.92 Å². The predicted molar refractivity (Wildman–Crippen MR) is 67.5 cm³/mol. The van der Waals surface area contributed by atoms with Gasteiger partial charge in [-0.15, -0.1) is 0 Å². The number of nitrogens with zero attached hydrogens (tertiary/aromatic N) is 2. The van der Waals surface area contributed by atoms with Gasteiger partial charge in [0.1, 0.15) is 5.54 Å². The number of methoxy groups -OCH3 is 1. The molecule has 1 atom stereocenters. The fourth-order valence-corrected chi connectivity index (χ4v) is 2.81. The smallest absolute Gasteiger partial charge is 0.326 e. The van der Waals surface area contributed by atoms with E-state index in [0.717, 1.165) is 0 Å². The summed E-state index contributed by atoms with van der Waals surface area (Å²) in [5, 5.41) is 0. The van der Waals surface area contributed by atoms with Gasteiger partial charge in [0.15, 0.2) is 0 Å². The van der Waals surface area contributed by atoms with Crippen LogP contribution in [0.2, 0.25) is 0 Å². The predicted octanol–water partition coefficient (Wildman–Crippen LogP) is -1.55. The summed E-state index contributed by atoms with van der Waals surface area (Å²) in [7, 11) is -1.83. The standard InChI is InChI=1S/C10H21N3O4S/c1-10(11,9(14)17-2)8-12-4-6-13(7-5-12)18(3,15)16/h4-8,11H2,1-3H3. The molecule has 1 rings (SSSR count). The van der Waals surface area contributed by atoms with E-state index in [1.54, 1.807) is 6.92 Å². The molecule has 0 aromatic heterocycles. The van der Waals surface area contributed by atoms with Crippen molar-refractivity contribution in [2.45, 2.75) is 12.5 Å². The molecule has 1 aliphatic heterocycles. The maximum atomic E-state index is 11.5. The molecule has 106 valence electrons. The van der Waals surface area contributed by atoms with Crippen molar-refractivity contribution in [3.8, 4) is 0 Å². The topological polar surface area (TPSA) is 92.9 Å². The Bertz CT molecular complexity index is 399. The van der Waals surface area contributed by atoms with Crippen LogP contribution < -0.4 is 5.73 Å². The summed E-state index contributed by atoms with van der Waals surface area (Å²) in [6, 6.07) is 0. The van der Waals surface area contributed by atoms with Gasteiger partial charge in [-0.25, -0.2) is 8.42 Å². The summed E-state index contributed by atoms with van der Waals surface area (Å²) in [5.41, 5.74) is 4.81. The molecule has 2 N–H and O–H groups in total. The summed E-state index contributed by atoms with van der Waals surface area (Å²) in [4.78, 5) is 13.4. The van der Waals surface area contributed by atoms with Crippen LogP contribution in [0.1, 0.15) is 6.92 Å². The fourth-order valence-electron chi connectivity index (χ4n) is 1.98. The van der Waals surface area contributed by atoms with E-state index in [1.807, 2.05) is 4.90 Å². The maximum Gasteiger partial charge on any atom is 0.326 e. The van der Waals surface area contributed by atoms with Gasteiger partial charge >= 0.3 is 5.97 Å². The second kappa shape index (κ2) is 5.52. The number of carbonyl (C=O) groups is 1. The number of carbonyl (C=O) groups excluding carboxylic acids is 1. The van der Waals surface area contributed by atoms with Crippen LogP contribution in [0, 0.1) is 0 Å². The van der Waals surface area contributed by atoms with E-state index in [4.69, 9.17) is 5.73 Å². The molecule has 0 aliphatic carbocycles. The van der Waals surface area contributed by atoms with E-state index < -0.39 is 21.5 Å². The lowest BCUT2D eigenvalue weighted by atomic mass is 10.0. The molecule has 1 aliphatic rings. The van der Waals surface area contributed by atoms with Crippen LogP contribution in [-0.4, -0.2) is 75.2 Å². The molecule has 0 radical (unpaired) electrons. The molecule has 18 heavy (non-hydrogen) atoms. The van der Waals surface area contributed by atoms with Crippen LogP contribution in [0.4, 0.5) is 0 Å². The number of nitrogens with two attached hydrogens (primary N) is 1. The lowest BCUT2D eigenvalue weighted by Crippen LogP contribution is -2.58. The zero-order chi connectivity index (χ0) is 14.0. The van der Waals surface area contributed by atoms with E-state index in [-0.39, 0.29) is 0 Å². The third-order valence-corrected chi connectivity index (χ3v) is 4.31. The zero-order valence-corrected chi connectivity index (χ0v) is 11.9. The van der Waals surface area contributed by atoms with E-state index in [9.17, 15) is 13.2 Å². The molecule has 0 aromatic carbocycles. The summed E-state index contributed by atoms with van der Waals surface area (Å²) in [5.74, 6) is -0.465. The van der Waals surface area contributed by atoms with Crippen LogP contribution in [-0.2, 0) is 19.6 Å². The Balaban J connectivity index is 2.52. The molecular formula is C10H21N3O4S. The third kappa shape index (κ3) is 3.91. The van der Waals surface area contributed by atoms with Crippen LogP contribution >= 0.6 is 0 Å². The van der Waals surface area contributed by atoms with Crippen molar-refractivity contribution in [2.24, 2.45) is 5.73 Å². The third-order valence-electron chi connectivity index (χ3n) is 3.00. The first-order chi connectivity index (χ1) is 8.16. The molecule has 0 amide bonds. The van der Waals surface area contributed by atoms with Crippen molar-refractivity contribution < 1.29 is 17.9 Å². The minimum atomic E-state index is -3.13. The summed E-state index contributed by atoms with van der Waals surface area (Å²) >= 11 is 0. The Kier molecular flexibility index (Phi) is 4.71. The first-order valence-electron chi connectivity index (χ1n) is 5.71. The van der Waals surface area contributed by atoms with E-state index in [2.05, 4.69) is 4.74 Å². The SMILES string of the molecule is COC(=O)C(C)(N)CN1CCN(S(C)(=O)=O)CC1. The molecule has 1 unspecified atom stereocenters. The normalized spacial score (nSPS) is 22.4. The molecule has 0 spiro atoms. The van der Waals surface area contributed by atoms with E-state index in [1.165, 1.54) is 17.7 Å². The molecule has 1 heterocycles. The number of ether oxygens (including phenoxy) is 1. The molecule has 0 aromatic rings. The molecular weight excluding hydrogens is 258 g/mol. The Labute approximate surface area is 108 Å². The number of esters is 1. The number of rotatable bonds is 4. The van der Waals surface area contributed by atoms with Crippen LogP contribution in [0.5, 0.6) is 0 Å². The van der Waals surface area contributed by atoms with Crippen LogP contribution in [0.3, 0.4) is 0 Å². The number of hydrogen-bond donors (Lipinski definition) is 1. The van der Waals surface area contributed by atoms with Gasteiger partial charge in [0.2, 0.25) is 10.0 Å². The minimum Gasteiger partial charge on any atom is -0.468 e. The van der Waals surface area contributed by atoms with Gasteiger partial charge in [-0.1, -0.05) is 0 Å². The number of piperazine rings is 1. The maximum absolute atomic E-state index is 11.5. The highest BCUT2D eigenvalue weighted by Gasteiger charge is 2.33. The first kappa shape index (κ1) is 15.4. The Hall–Kier alpha value is -0.700. The van der Waals surface area contributed by atoms with E-state index >= 15 is 0 Å². The summed E-state index contributed by atoms with van der Waals surface area (Å²) in [6.07, 6.45) is 1.20. The van der Waals surface area contributed by atoms with Crippen LogP contribution in [0.25, 0.3) is 0 Å². The second-order valence-electron chi connectivity index (χ2n) is 4.85. The van der Waals surface area contributed by atoms with Crippen molar-refractivity contribution in [1.82, 2.24) is 9.21 Å². The highest BCUT2D eigenvalue weighted by molar-refractivity contribution is 7.88. The highest BCUT2D eigenvalue weighted by atomic mass is 32.2. The second-order valence-corrected chi connectivity index (χ2v) is 6.83. The quantitative estimate of drug-likeness (QED) is 0.627. The van der Waals surface area contributed by atoms with Gasteiger partial charge in [0.05, 0.1) is 13.4 Å². The van der Waals surface area contributed by atoms with Gasteiger partial charge < -0.3 is 10.5 Å². The van der Waals surface area contributed by atoms with E-state index in [0.29, 0.717) is 32.7 Å². The van der Waals surface area contributed by atoms with Gasteiger partial charge in [-0.2, -0.15) is 4.31 Å². The lowest BCUT2D eigenvalue weighted by molar-refractivity contribution is -0.147. The molecule has 1 fully saturated rings. The Morgan fingerprint density at radius 3 is 2.22 bits per heavy atom.